The van der Waals surface area contributed by atoms with Crippen LogP contribution in [0.4, 0.5) is 0 Å². The molecule has 0 aliphatic carbocycles. The van der Waals surface area contributed by atoms with E-state index >= 15 is 0 Å². The Balaban J connectivity index is 1.92. The molecule has 0 saturated carbocycles. The number of hydrogen-bond donors (Lipinski definition) is 2. The van der Waals surface area contributed by atoms with Crippen molar-refractivity contribution in [1.29, 1.82) is 0 Å². The van der Waals surface area contributed by atoms with Crippen LogP contribution in [0, 0.1) is 0 Å². The van der Waals surface area contributed by atoms with Crippen LogP contribution in [0.15, 0.2) is 24.3 Å². The van der Waals surface area contributed by atoms with Gasteiger partial charge in [-0.1, -0.05) is 18.2 Å². The summed E-state index contributed by atoms with van der Waals surface area (Å²) >= 11 is 0. The molecule has 1 aromatic rings. The highest BCUT2D eigenvalue weighted by molar-refractivity contribution is 5.81. The predicted octanol–water partition coefficient (Wildman–Crippen LogP) is 1.67. The lowest BCUT2D eigenvalue weighted by molar-refractivity contribution is -0.122. The Morgan fingerprint density at radius 3 is 3.05 bits per heavy atom. The van der Waals surface area contributed by atoms with Crippen molar-refractivity contribution in [2.24, 2.45) is 0 Å². The number of para-hydroxylation sites is 1. The Hall–Kier alpha value is -1.55. The molecule has 1 aliphatic heterocycles. The minimum absolute atomic E-state index is 0.0582. The van der Waals surface area contributed by atoms with Crippen LogP contribution < -0.4 is 15.4 Å². The molecule has 1 amide bonds. The molecular formula is C15H22N2O2. The fourth-order valence-electron chi connectivity index (χ4n) is 2.37. The Morgan fingerprint density at radius 1 is 1.47 bits per heavy atom. The van der Waals surface area contributed by atoms with Gasteiger partial charge in [0.1, 0.15) is 5.75 Å². The first-order valence-electron chi connectivity index (χ1n) is 6.95. The molecule has 2 N–H and O–H groups in total. The maximum absolute atomic E-state index is 11.7. The normalized spacial score (nSPS) is 19.2. The zero-order valence-electron chi connectivity index (χ0n) is 11.6. The van der Waals surface area contributed by atoms with Crippen LogP contribution >= 0.6 is 0 Å². The summed E-state index contributed by atoms with van der Waals surface area (Å²) in [5.74, 6) is 1.45. The number of carbonyl (C=O) groups excluding carboxylic acids is 1. The maximum Gasteiger partial charge on any atom is 0.236 e. The summed E-state index contributed by atoms with van der Waals surface area (Å²) in [5.41, 5.74) is 1.24. The number of rotatable bonds is 5. The first kappa shape index (κ1) is 13.9. The number of benzene rings is 1. The van der Waals surface area contributed by atoms with Gasteiger partial charge < -0.3 is 15.4 Å². The molecule has 19 heavy (non-hydrogen) atoms. The Morgan fingerprint density at radius 2 is 2.26 bits per heavy atom. The van der Waals surface area contributed by atoms with Crippen molar-refractivity contribution in [2.75, 3.05) is 19.7 Å². The van der Waals surface area contributed by atoms with Crippen molar-refractivity contribution < 1.29 is 9.53 Å². The summed E-state index contributed by atoms with van der Waals surface area (Å²) in [7, 11) is 0. The summed E-state index contributed by atoms with van der Waals surface area (Å²) in [5, 5.41) is 6.14. The maximum atomic E-state index is 11.7. The molecule has 2 rings (SSSR count). The van der Waals surface area contributed by atoms with Gasteiger partial charge in [-0.3, -0.25) is 4.79 Å². The first-order valence-corrected chi connectivity index (χ1v) is 6.95. The SMILES string of the molecule is CCNC(=O)C(C)NCC1CCOc2ccccc21. The lowest BCUT2D eigenvalue weighted by atomic mass is 9.93. The largest absolute Gasteiger partial charge is 0.493 e. The monoisotopic (exact) mass is 262 g/mol. The first-order chi connectivity index (χ1) is 9.22. The van der Waals surface area contributed by atoms with Crippen LogP contribution in [0.1, 0.15) is 31.7 Å². The van der Waals surface area contributed by atoms with Gasteiger partial charge in [0.2, 0.25) is 5.91 Å². The van der Waals surface area contributed by atoms with Crippen molar-refractivity contribution in [3.8, 4) is 5.75 Å². The van der Waals surface area contributed by atoms with Gasteiger partial charge in [-0.25, -0.2) is 0 Å². The third kappa shape index (κ3) is 3.47. The van der Waals surface area contributed by atoms with Crippen LogP contribution in [0.2, 0.25) is 0 Å². The van der Waals surface area contributed by atoms with Crippen molar-refractivity contribution in [3.05, 3.63) is 29.8 Å². The minimum atomic E-state index is -0.157. The average Bonchev–Trinajstić information content (AvgIpc) is 2.45. The van der Waals surface area contributed by atoms with Crippen molar-refractivity contribution in [3.63, 3.8) is 0 Å². The van der Waals surface area contributed by atoms with Crippen molar-refractivity contribution >= 4 is 5.91 Å². The third-order valence-electron chi connectivity index (χ3n) is 3.50. The molecule has 0 aromatic heterocycles. The fourth-order valence-corrected chi connectivity index (χ4v) is 2.37. The van der Waals surface area contributed by atoms with Gasteiger partial charge in [-0.2, -0.15) is 0 Å². The van der Waals surface area contributed by atoms with Crippen molar-refractivity contribution in [2.45, 2.75) is 32.2 Å². The smallest absolute Gasteiger partial charge is 0.236 e. The van der Waals surface area contributed by atoms with Gasteiger partial charge in [0, 0.05) is 19.0 Å². The molecule has 1 aromatic carbocycles. The van der Waals surface area contributed by atoms with E-state index in [0.717, 1.165) is 25.3 Å². The second-order valence-corrected chi connectivity index (χ2v) is 4.90. The Kier molecular flexibility index (Phi) is 4.80. The average molecular weight is 262 g/mol. The molecule has 0 bridgehead atoms. The summed E-state index contributed by atoms with van der Waals surface area (Å²) in [6.45, 7) is 6.05. The fraction of sp³-hybridized carbons (Fsp3) is 0.533. The number of amides is 1. The van der Waals surface area contributed by atoms with Crippen LogP contribution in [0.25, 0.3) is 0 Å². The molecule has 0 saturated heterocycles. The number of ether oxygens (including phenoxy) is 1. The van der Waals surface area contributed by atoms with Gasteiger partial charge in [0.25, 0.3) is 0 Å². The lowest BCUT2D eigenvalue weighted by Gasteiger charge is -2.27. The van der Waals surface area contributed by atoms with Crippen LogP contribution in [0.5, 0.6) is 5.75 Å². The van der Waals surface area contributed by atoms with Gasteiger partial charge in [-0.15, -0.1) is 0 Å². The summed E-state index contributed by atoms with van der Waals surface area (Å²) < 4.78 is 5.64. The van der Waals surface area contributed by atoms with E-state index in [4.69, 9.17) is 4.74 Å². The van der Waals surface area contributed by atoms with Gasteiger partial charge in [0.15, 0.2) is 0 Å². The van der Waals surface area contributed by atoms with Crippen LogP contribution in [-0.4, -0.2) is 31.6 Å². The van der Waals surface area contributed by atoms with E-state index in [2.05, 4.69) is 16.7 Å². The molecule has 0 radical (unpaired) electrons. The molecule has 4 heteroatoms. The topological polar surface area (TPSA) is 50.4 Å². The molecule has 2 atom stereocenters. The number of nitrogens with one attached hydrogen (secondary N) is 2. The number of fused-ring (bicyclic) bond motifs is 1. The molecule has 0 spiro atoms. The van der Waals surface area contributed by atoms with E-state index in [9.17, 15) is 4.79 Å². The van der Waals surface area contributed by atoms with E-state index < -0.39 is 0 Å². The van der Waals surface area contributed by atoms with E-state index in [1.54, 1.807) is 0 Å². The Bertz CT molecular complexity index is 434. The zero-order valence-corrected chi connectivity index (χ0v) is 11.6. The molecular weight excluding hydrogens is 240 g/mol. The van der Waals surface area contributed by atoms with Gasteiger partial charge in [-0.05, 0) is 31.9 Å². The third-order valence-corrected chi connectivity index (χ3v) is 3.50. The standard InChI is InChI=1S/C15H22N2O2/c1-3-16-15(18)11(2)17-10-12-8-9-19-14-7-5-4-6-13(12)14/h4-7,11-12,17H,3,8-10H2,1-2H3,(H,16,18). The van der Waals surface area contributed by atoms with E-state index in [-0.39, 0.29) is 11.9 Å². The summed E-state index contributed by atoms with van der Waals surface area (Å²) in [6.07, 6.45) is 0.992. The highest BCUT2D eigenvalue weighted by Gasteiger charge is 2.22. The second-order valence-electron chi connectivity index (χ2n) is 4.90. The number of carbonyl (C=O) groups is 1. The zero-order chi connectivity index (χ0) is 13.7. The van der Waals surface area contributed by atoms with E-state index in [1.165, 1.54) is 5.56 Å². The second kappa shape index (κ2) is 6.57. The molecule has 4 nitrogen and oxygen atoms in total. The highest BCUT2D eigenvalue weighted by atomic mass is 16.5. The predicted molar refractivity (Wildman–Crippen MR) is 75.4 cm³/mol. The molecule has 0 fully saturated rings. The van der Waals surface area contributed by atoms with Crippen molar-refractivity contribution in [1.82, 2.24) is 10.6 Å². The highest BCUT2D eigenvalue weighted by Crippen LogP contribution is 2.32. The van der Waals surface area contributed by atoms with Crippen LogP contribution in [-0.2, 0) is 4.79 Å². The van der Waals surface area contributed by atoms with E-state index in [1.807, 2.05) is 32.0 Å². The van der Waals surface area contributed by atoms with Crippen LogP contribution in [0.3, 0.4) is 0 Å². The summed E-state index contributed by atoms with van der Waals surface area (Å²) in [6, 6.07) is 7.99. The quantitative estimate of drug-likeness (QED) is 0.848. The van der Waals surface area contributed by atoms with Gasteiger partial charge >= 0.3 is 0 Å². The van der Waals surface area contributed by atoms with E-state index in [0.29, 0.717) is 12.5 Å². The number of likely N-dealkylation sites (N-methyl/N-ethyl adjacent to an activating group) is 1. The Labute approximate surface area is 114 Å². The molecule has 104 valence electrons. The lowest BCUT2D eigenvalue weighted by Crippen LogP contribution is -2.43. The molecule has 2 unspecified atom stereocenters. The number of hydrogen-bond acceptors (Lipinski definition) is 3. The molecule has 1 aliphatic rings. The van der Waals surface area contributed by atoms with Gasteiger partial charge in [0.05, 0.1) is 12.6 Å². The minimum Gasteiger partial charge on any atom is -0.493 e. The summed E-state index contributed by atoms with van der Waals surface area (Å²) in [4.78, 5) is 11.7. The molecule has 1 heterocycles.